The van der Waals surface area contributed by atoms with Crippen LogP contribution in [0.3, 0.4) is 0 Å². The summed E-state index contributed by atoms with van der Waals surface area (Å²) in [4.78, 5) is 10.6. The molecule has 0 radical (unpaired) electrons. The molecule has 0 aromatic rings. The van der Waals surface area contributed by atoms with Crippen molar-refractivity contribution in [2.75, 3.05) is 6.61 Å². The van der Waals surface area contributed by atoms with Crippen LogP contribution in [0.5, 0.6) is 0 Å². The quantitative estimate of drug-likeness (QED) is 0.455. The second kappa shape index (κ2) is 6.70. The van der Waals surface area contributed by atoms with Crippen LogP contribution in [0.25, 0.3) is 0 Å². The fraction of sp³-hybridized carbons (Fsp3) is 0.750. The molecule has 0 aromatic carbocycles. The average Bonchev–Trinajstić information content (AvgIpc) is 2.46. The molecule has 0 saturated heterocycles. The molecule has 124 valence electrons. The van der Waals surface area contributed by atoms with E-state index in [0.29, 0.717) is 18.4 Å². The molecule has 0 amide bonds. The largest absolute Gasteiger partial charge is 0.396 e. The maximum atomic E-state index is 10.6. The van der Waals surface area contributed by atoms with Crippen LogP contribution >= 0.6 is 0 Å². The molecule has 2 fully saturated rings. The predicted octanol–water partition coefficient (Wildman–Crippen LogP) is 4.68. The van der Waals surface area contributed by atoms with Crippen molar-refractivity contribution in [3.63, 3.8) is 0 Å². The number of rotatable bonds is 5. The third kappa shape index (κ3) is 3.08. The van der Waals surface area contributed by atoms with Crippen molar-refractivity contribution in [2.45, 2.75) is 65.7 Å². The van der Waals surface area contributed by atoms with Gasteiger partial charge in [-0.25, -0.2) is 0 Å². The van der Waals surface area contributed by atoms with Gasteiger partial charge >= 0.3 is 0 Å². The Morgan fingerprint density at radius 3 is 2.77 bits per heavy atom. The smallest absolute Gasteiger partial charge is 0.142 e. The molecule has 0 unspecified atom stereocenters. The molecule has 4 atom stereocenters. The minimum Gasteiger partial charge on any atom is -0.396 e. The summed E-state index contributed by atoms with van der Waals surface area (Å²) in [6, 6.07) is 0. The zero-order chi connectivity index (χ0) is 16.4. The lowest BCUT2D eigenvalue weighted by atomic mass is 9.47. The average molecular weight is 304 g/mol. The molecule has 2 aliphatic rings. The number of carbonyl (C=O) groups excluding carboxylic acids is 1. The first kappa shape index (κ1) is 17.5. The fourth-order valence-corrected chi connectivity index (χ4v) is 5.38. The highest BCUT2D eigenvalue weighted by atomic mass is 16.3. The highest BCUT2D eigenvalue weighted by molar-refractivity contribution is 5.65. The fourth-order valence-electron chi connectivity index (χ4n) is 5.38. The lowest BCUT2D eigenvalue weighted by Crippen LogP contribution is -2.51. The zero-order valence-electron chi connectivity index (χ0n) is 14.5. The summed E-state index contributed by atoms with van der Waals surface area (Å²) in [6.45, 7) is 11.4. The zero-order valence-corrected chi connectivity index (χ0v) is 14.5. The molecule has 22 heavy (non-hydrogen) atoms. The van der Waals surface area contributed by atoms with E-state index >= 15 is 0 Å². The van der Waals surface area contributed by atoms with E-state index in [-0.39, 0.29) is 10.8 Å². The molecule has 2 aliphatic carbocycles. The summed E-state index contributed by atoms with van der Waals surface area (Å²) in [6.07, 6.45) is 10.5. The minimum atomic E-state index is 0.0691. The number of carbonyl (C=O) groups is 1. The van der Waals surface area contributed by atoms with Gasteiger partial charge in [-0.3, -0.25) is 4.79 Å². The van der Waals surface area contributed by atoms with Gasteiger partial charge in [0.05, 0.1) is 0 Å². The van der Waals surface area contributed by atoms with Crippen molar-refractivity contribution in [2.24, 2.45) is 22.7 Å². The first-order chi connectivity index (χ1) is 10.4. The Bertz CT molecular complexity index is 464. The lowest BCUT2D eigenvalue weighted by Gasteiger charge is -2.58. The van der Waals surface area contributed by atoms with E-state index in [4.69, 9.17) is 0 Å². The van der Waals surface area contributed by atoms with Gasteiger partial charge in [0.1, 0.15) is 6.29 Å². The summed E-state index contributed by atoms with van der Waals surface area (Å²) in [5.41, 5.74) is 2.88. The van der Waals surface area contributed by atoms with Crippen molar-refractivity contribution in [1.29, 1.82) is 0 Å². The molecule has 0 heterocycles. The van der Waals surface area contributed by atoms with E-state index < -0.39 is 0 Å². The van der Waals surface area contributed by atoms with Crippen molar-refractivity contribution in [3.8, 4) is 0 Å². The third-order valence-corrected chi connectivity index (χ3v) is 6.68. The lowest BCUT2D eigenvalue weighted by molar-refractivity contribution is -0.104. The van der Waals surface area contributed by atoms with Gasteiger partial charge in [0.15, 0.2) is 0 Å². The van der Waals surface area contributed by atoms with Gasteiger partial charge < -0.3 is 5.11 Å². The monoisotopic (exact) mass is 304 g/mol. The summed E-state index contributed by atoms with van der Waals surface area (Å²) in [5, 5.41) is 9.97. The molecule has 2 saturated carbocycles. The van der Waals surface area contributed by atoms with Gasteiger partial charge in [0.2, 0.25) is 0 Å². The van der Waals surface area contributed by atoms with Crippen molar-refractivity contribution in [1.82, 2.24) is 0 Å². The van der Waals surface area contributed by atoms with Crippen molar-refractivity contribution in [3.05, 3.63) is 23.8 Å². The Balaban J connectivity index is 2.22. The normalized spacial score (nSPS) is 39.5. The summed E-state index contributed by atoms with van der Waals surface area (Å²) in [7, 11) is 0. The van der Waals surface area contributed by atoms with Gasteiger partial charge in [-0.15, -0.1) is 0 Å². The standard InChI is InChI=1S/C20H32O2/c1-15(10-13-21)6-8-17-16(2)7-9-18-19(3,14-22)11-5-12-20(17,18)4/h10,13,17-18,22H,2,5-9,11-12,14H2,1,3-4H3/b15-10+/t17-,18+,19+,20+/m0/s1. The molecule has 0 spiro atoms. The van der Waals surface area contributed by atoms with Crippen molar-refractivity contribution < 1.29 is 9.90 Å². The first-order valence-electron chi connectivity index (χ1n) is 8.77. The van der Waals surface area contributed by atoms with Crippen LogP contribution in [0.2, 0.25) is 0 Å². The molecule has 0 bridgehead atoms. The maximum Gasteiger partial charge on any atom is 0.142 e. The SMILES string of the molecule is C=C1CC[C@@H]2[C@@](C)(CO)CCC[C@]2(C)[C@H]1CC/C(C)=C/C=O. The highest BCUT2D eigenvalue weighted by Crippen LogP contribution is 2.61. The Morgan fingerprint density at radius 2 is 2.14 bits per heavy atom. The maximum absolute atomic E-state index is 10.6. The number of hydrogen-bond donors (Lipinski definition) is 1. The Kier molecular flexibility index (Phi) is 5.32. The summed E-state index contributed by atoms with van der Waals surface area (Å²) < 4.78 is 0. The number of fused-ring (bicyclic) bond motifs is 1. The number of allylic oxidation sites excluding steroid dienone is 3. The minimum absolute atomic E-state index is 0.0691. The molecule has 0 aromatic heterocycles. The van der Waals surface area contributed by atoms with Gasteiger partial charge in [-0.05, 0) is 74.2 Å². The van der Waals surface area contributed by atoms with Crippen LogP contribution in [0.4, 0.5) is 0 Å². The Labute approximate surface area is 135 Å². The Morgan fingerprint density at radius 1 is 1.41 bits per heavy atom. The summed E-state index contributed by atoms with van der Waals surface area (Å²) >= 11 is 0. The van der Waals surface area contributed by atoms with E-state index in [9.17, 15) is 9.90 Å². The van der Waals surface area contributed by atoms with Crippen LogP contribution in [0, 0.1) is 22.7 Å². The molecule has 0 aliphatic heterocycles. The van der Waals surface area contributed by atoms with E-state index in [1.54, 1.807) is 6.08 Å². The molecule has 2 nitrogen and oxygen atoms in total. The van der Waals surface area contributed by atoms with Gasteiger partial charge in [-0.1, -0.05) is 38.0 Å². The molecule has 2 heteroatoms. The topological polar surface area (TPSA) is 37.3 Å². The van der Waals surface area contributed by atoms with Crippen LogP contribution in [0.1, 0.15) is 65.7 Å². The molecular formula is C20H32O2. The number of aliphatic hydroxyl groups is 1. The van der Waals surface area contributed by atoms with Crippen LogP contribution in [-0.2, 0) is 4.79 Å². The molecular weight excluding hydrogens is 272 g/mol. The van der Waals surface area contributed by atoms with E-state index in [0.717, 1.165) is 37.5 Å². The number of hydrogen-bond acceptors (Lipinski definition) is 2. The van der Waals surface area contributed by atoms with E-state index in [2.05, 4.69) is 20.4 Å². The van der Waals surface area contributed by atoms with Crippen molar-refractivity contribution >= 4 is 6.29 Å². The second-order valence-electron chi connectivity index (χ2n) is 8.16. The third-order valence-electron chi connectivity index (χ3n) is 6.68. The van der Waals surface area contributed by atoms with Crippen LogP contribution < -0.4 is 0 Å². The van der Waals surface area contributed by atoms with Crippen LogP contribution in [0.15, 0.2) is 23.8 Å². The summed E-state index contributed by atoms with van der Waals surface area (Å²) in [5.74, 6) is 1.11. The molecule has 1 N–H and O–H groups in total. The van der Waals surface area contributed by atoms with Crippen LogP contribution in [-0.4, -0.2) is 18.0 Å². The Hall–Kier alpha value is -0.890. The van der Waals surface area contributed by atoms with E-state index in [1.807, 2.05) is 6.92 Å². The van der Waals surface area contributed by atoms with Gasteiger partial charge in [0.25, 0.3) is 0 Å². The second-order valence-corrected chi connectivity index (χ2v) is 8.16. The highest BCUT2D eigenvalue weighted by Gasteiger charge is 2.53. The molecule has 2 rings (SSSR count). The predicted molar refractivity (Wildman–Crippen MR) is 91.6 cm³/mol. The number of aldehydes is 1. The first-order valence-corrected chi connectivity index (χ1v) is 8.77. The van der Waals surface area contributed by atoms with Gasteiger partial charge in [0, 0.05) is 6.61 Å². The van der Waals surface area contributed by atoms with E-state index in [1.165, 1.54) is 24.8 Å². The number of aliphatic hydroxyl groups excluding tert-OH is 1. The van der Waals surface area contributed by atoms with Gasteiger partial charge in [-0.2, -0.15) is 0 Å².